The maximum Gasteiger partial charge on any atom is 0.246 e. The molecular weight excluding hydrogens is 201 g/mol. The van der Waals surface area contributed by atoms with Gasteiger partial charge in [-0.2, -0.15) is 0 Å². The van der Waals surface area contributed by atoms with Crippen molar-refractivity contribution in [3.8, 4) is 5.75 Å². The minimum Gasteiger partial charge on any atom is -0.505 e. The molecule has 0 unspecified atom stereocenters. The maximum atomic E-state index is 12.9. The van der Waals surface area contributed by atoms with Gasteiger partial charge in [0, 0.05) is 12.5 Å². The zero-order valence-corrected chi connectivity index (χ0v) is 8.11. The van der Waals surface area contributed by atoms with Crippen molar-refractivity contribution >= 4 is 6.08 Å². The van der Waals surface area contributed by atoms with Crippen LogP contribution in [0.25, 0.3) is 6.08 Å². The van der Waals surface area contributed by atoms with Crippen LogP contribution in [-0.2, 0) is 0 Å². The van der Waals surface area contributed by atoms with E-state index in [2.05, 4.69) is 0 Å². The van der Waals surface area contributed by atoms with Gasteiger partial charge in [-0.05, 0) is 17.7 Å². The van der Waals surface area contributed by atoms with E-state index in [0.29, 0.717) is 5.56 Å². The van der Waals surface area contributed by atoms with Crippen molar-refractivity contribution < 1.29 is 14.4 Å². The molecule has 0 amide bonds. The average Bonchev–Trinajstić information content (AvgIpc) is 2.19. The molecule has 1 aromatic carbocycles. The Kier molecular flexibility index (Phi) is 3.38. The summed E-state index contributed by atoms with van der Waals surface area (Å²) < 4.78 is 12.9. The van der Waals surface area contributed by atoms with Crippen LogP contribution in [0.3, 0.4) is 0 Å². The number of allylic oxidation sites excluding steroid dienone is 1. The summed E-state index contributed by atoms with van der Waals surface area (Å²) >= 11 is 0. The highest BCUT2D eigenvalue weighted by molar-refractivity contribution is 5.52. The Hall–Kier alpha value is -1.91. The molecule has 0 saturated heterocycles. The van der Waals surface area contributed by atoms with E-state index in [-0.39, 0.29) is 12.1 Å². The van der Waals surface area contributed by atoms with E-state index >= 15 is 0 Å². The third-order valence-corrected chi connectivity index (χ3v) is 1.90. The van der Waals surface area contributed by atoms with Crippen LogP contribution in [-0.4, -0.2) is 10.0 Å². The zero-order valence-electron chi connectivity index (χ0n) is 8.11. The van der Waals surface area contributed by atoms with Crippen LogP contribution >= 0.6 is 0 Å². The molecule has 0 spiro atoms. The van der Waals surface area contributed by atoms with Gasteiger partial charge in [0.25, 0.3) is 0 Å². The zero-order chi connectivity index (χ0) is 11.4. The van der Waals surface area contributed by atoms with E-state index in [1.807, 2.05) is 0 Å². The lowest BCUT2D eigenvalue weighted by Crippen LogP contribution is -1.96. The number of nitro groups is 1. The van der Waals surface area contributed by atoms with Gasteiger partial charge in [0.2, 0.25) is 5.70 Å². The van der Waals surface area contributed by atoms with Gasteiger partial charge in [0.1, 0.15) is 0 Å². The van der Waals surface area contributed by atoms with E-state index in [9.17, 15) is 14.5 Å². The predicted molar refractivity (Wildman–Crippen MR) is 53.3 cm³/mol. The monoisotopic (exact) mass is 211 g/mol. The molecule has 0 aliphatic carbocycles. The van der Waals surface area contributed by atoms with Crippen LogP contribution in [0.4, 0.5) is 4.39 Å². The lowest BCUT2D eigenvalue weighted by Gasteiger charge is -1.98. The Morgan fingerprint density at radius 1 is 1.67 bits per heavy atom. The highest BCUT2D eigenvalue weighted by atomic mass is 19.1. The van der Waals surface area contributed by atoms with Crippen LogP contribution < -0.4 is 0 Å². The van der Waals surface area contributed by atoms with Crippen molar-refractivity contribution in [3.63, 3.8) is 0 Å². The number of hydrogen-bond donors (Lipinski definition) is 1. The number of halogens is 1. The molecule has 1 rings (SSSR count). The topological polar surface area (TPSA) is 63.4 Å². The van der Waals surface area contributed by atoms with E-state index in [0.717, 1.165) is 12.1 Å². The molecule has 4 nitrogen and oxygen atoms in total. The Bertz CT molecular complexity index is 415. The highest BCUT2D eigenvalue weighted by Crippen LogP contribution is 2.18. The first-order chi connectivity index (χ1) is 7.04. The van der Waals surface area contributed by atoms with E-state index in [4.69, 9.17) is 5.11 Å². The average molecular weight is 211 g/mol. The lowest BCUT2D eigenvalue weighted by molar-refractivity contribution is -0.425. The largest absolute Gasteiger partial charge is 0.505 e. The SMILES string of the molecule is CC/C(=C/c1ccc(O)c(F)c1)[N+](=O)[O-]. The lowest BCUT2D eigenvalue weighted by atomic mass is 10.1. The normalized spacial score (nSPS) is 11.5. The minimum atomic E-state index is -0.789. The Morgan fingerprint density at radius 2 is 2.33 bits per heavy atom. The number of aromatic hydroxyl groups is 1. The predicted octanol–water partition coefficient (Wildman–Crippen LogP) is 2.56. The van der Waals surface area contributed by atoms with Gasteiger partial charge >= 0.3 is 0 Å². The van der Waals surface area contributed by atoms with Crippen molar-refractivity contribution in [2.45, 2.75) is 13.3 Å². The molecule has 1 N–H and O–H groups in total. The summed E-state index contributed by atoms with van der Waals surface area (Å²) in [6.45, 7) is 1.64. The summed E-state index contributed by atoms with van der Waals surface area (Å²) in [4.78, 5) is 9.97. The molecule has 0 atom stereocenters. The van der Waals surface area contributed by atoms with Crippen molar-refractivity contribution in [2.75, 3.05) is 0 Å². The molecule has 0 aliphatic heterocycles. The van der Waals surface area contributed by atoms with Crippen molar-refractivity contribution in [2.24, 2.45) is 0 Å². The van der Waals surface area contributed by atoms with E-state index < -0.39 is 16.5 Å². The number of rotatable bonds is 3. The third kappa shape index (κ3) is 2.77. The number of nitrogens with zero attached hydrogens (tertiary/aromatic N) is 1. The van der Waals surface area contributed by atoms with Crippen LogP contribution in [0.1, 0.15) is 18.9 Å². The second-order valence-electron chi connectivity index (χ2n) is 2.96. The summed E-state index contributed by atoms with van der Waals surface area (Å²) in [7, 11) is 0. The third-order valence-electron chi connectivity index (χ3n) is 1.90. The molecule has 80 valence electrons. The number of phenolic OH excluding ortho intramolecular Hbond substituents is 1. The van der Waals surface area contributed by atoms with Crippen molar-refractivity contribution in [1.29, 1.82) is 0 Å². The first kappa shape index (κ1) is 11.2. The van der Waals surface area contributed by atoms with Gasteiger partial charge in [0.05, 0.1) is 4.92 Å². The van der Waals surface area contributed by atoms with Gasteiger partial charge in [0.15, 0.2) is 11.6 Å². The maximum absolute atomic E-state index is 12.9. The fourth-order valence-electron chi connectivity index (χ4n) is 1.09. The van der Waals surface area contributed by atoms with Crippen molar-refractivity contribution in [3.05, 3.63) is 45.4 Å². The molecule has 0 aliphatic rings. The van der Waals surface area contributed by atoms with Gasteiger partial charge in [-0.15, -0.1) is 0 Å². The van der Waals surface area contributed by atoms with Gasteiger partial charge in [-0.3, -0.25) is 10.1 Å². The first-order valence-corrected chi connectivity index (χ1v) is 4.38. The van der Waals surface area contributed by atoms with E-state index in [1.54, 1.807) is 6.92 Å². The fourth-order valence-corrected chi connectivity index (χ4v) is 1.09. The van der Waals surface area contributed by atoms with E-state index in [1.165, 1.54) is 12.1 Å². The molecule has 0 radical (unpaired) electrons. The molecule has 0 saturated carbocycles. The highest BCUT2D eigenvalue weighted by Gasteiger charge is 2.08. The first-order valence-electron chi connectivity index (χ1n) is 4.38. The second kappa shape index (κ2) is 4.54. The molecule has 15 heavy (non-hydrogen) atoms. The summed E-state index contributed by atoms with van der Waals surface area (Å²) in [5.74, 6) is -1.26. The Morgan fingerprint density at radius 3 is 2.80 bits per heavy atom. The molecule has 0 aromatic heterocycles. The molecule has 1 aromatic rings. The van der Waals surface area contributed by atoms with Crippen LogP contribution in [0.2, 0.25) is 0 Å². The standard InChI is InChI=1S/C10H10FNO3/c1-2-8(12(14)15)5-7-3-4-10(13)9(11)6-7/h3-6,13H,2H2,1H3/b8-5-. The van der Waals surface area contributed by atoms with Gasteiger partial charge in [-0.1, -0.05) is 13.0 Å². The number of benzene rings is 1. The summed E-state index contributed by atoms with van der Waals surface area (Å²) in [5.41, 5.74) is 0.360. The van der Waals surface area contributed by atoms with Crippen LogP contribution in [0, 0.1) is 15.9 Å². The van der Waals surface area contributed by atoms with Gasteiger partial charge in [-0.25, -0.2) is 4.39 Å². The Labute approximate surface area is 85.8 Å². The van der Waals surface area contributed by atoms with Crippen LogP contribution in [0.15, 0.2) is 23.9 Å². The number of phenols is 1. The second-order valence-corrected chi connectivity index (χ2v) is 2.96. The summed E-state index contributed by atoms with van der Waals surface area (Å²) in [6.07, 6.45) is 1.54. The number of hydrogen-bond acceptors (Lipinski definition) is 3. The smallest absolute Gasteiger partial charge is 0.246 e. The van der Waals surface area contributed by atoms with Crippen molar-refractivity contribution in [1.82, 2.24) is 0 Å². The summed E-state index contributed by atoms with van der Waals surface area (Å²) in [6, 6.07) is 3.63. The van der Waals surface area contributed by atoms with Gasteiger partial charge < -0.3 is 5.11 Å². The molecule has 0 bridgehead atoms. The molecule has 0 fully saturated rings. The van der Waals surface area contributed by atoms with Crippen LogP contribution in [0.5, 0.6) is 5.75 Å². The molecular formula is C10H10FNO3. The summed E-state index contributed by atoms with van der Waals surface area (Å²) in [5, 5.41) is 19.4. The fraction of sp³-hybridized carbons (Fsp3) is 0.200. The minimum absolute atomic E-state index is 0.0000831. The Balaban J connectivity index is 3.07. The quantitative estimate of drug-likeness (QED) is 0.617. The molecule has 0 heterocycles. The molecule has 5 heteroatoms.